The molecule has 2 aromatic carbocycles. The van der Waals surface area contributed by atoms with E-state index in [1.807, 2.05) is 0 Å². The highest BCUT2D eigenvalue weighted by atomic mass is 32.2. The Kier molecular flexibility index (Phi) is 7.30. The lowest BCUT2D eigenvalue weighted by molar-refractivity contribution is -0.388. The summed E-state index contributed by atoms with van der Waals surface area (Å²) in [7, 11) is 0. The number of rotatable bonds is 9. The first-order valence-electron chi connectivity index (χ1n) is 9.06. The van der Waals surface area contributed by atoms with Gasteiger partial charge in [0.15, 0.2) is 0 Å². The maximum Gasteiger partial charge on any atom is 0.416 e. The van der Waals surface area contributed by atoms with Crippen molar-refractivity contribution in [3.63, 3.8) is 0 Å². The number of ether oxygens (including phenoxy) is 1. The molecule has 13 heteroatoms. The van der Waals surface area contributed by atoms with Crippen molar-refractivity contribution >= 4 is 29.0 Å². The molecule has 0 aliphatic carbocycles. The maximum absolute atomic E-state index is 12.8. The Morgan fingerprint density at radius 2 is 2.06 bits per heavy atom. The number of benzene rings is 2. The second-order valence-corrected chi connectivity index (χ2v) is 7.33. The molecule has 168 valence electrons. The number of carbonyl (C=O) groups is 1. The van der Waals surface area contributed by atoms with Gasteiger partial charge in [-0.2, -0.15) is 18.3 Å². The van der Waals surface area contributed by atoms with Crippen LogP contribution in [-0.4, -0.2) is 38.0 Å². The molecular formula is C19H16F3N5O4S. The van der Waals surface area contributed by atoms with Crippen LogP contribution < -0.4 is 10.1 Å². The van der Waals surface area contributed by atoms with Crippen molar-refractivity contribution in [2.75, 3.05) is 17.7 Å². The summed E-state index contributed by atoms with van der Waals surface area (Å²) in [5, 5.41) is 17.7. The van der Waals surface area contributed by atoms with E-state index in [-0.39, 0.29) is 10.6 Å². The molecule has 1 aromatic heterocycles. The van der Waals surface area contributed by atoms with E-state index in [4.69, 9.17) is 4.74 Å². The molecule has 3 aromatic rings. The van der Waals surface area contributed by atoms with Gasteiger partial charge >= 0.3 is 6.18 Å². The van der Waals surface area contributed by atoms with Crippen LogP contribution in [-0.2, 0) is 17.5 Å². The lowest BCUT2D eigenvalue weighted by atomic mass is 10.2. The molecule has 3 rings (SSSR count). The Labute approximate surface area is 183 Å². The molecule has 0 fully saturated rings. The SMILES string of the molecule is O=C(CSc1ccc(C(F)(F)F)cc1[N+](=O)[O-])Nc1cccc(OCCn2cncn2)c1. The standard InChI is InChI=1S/C19H16F3N5O4S/c20-19(21,22)13-4-5-17(16(8-13)27(29)30)32-10-18(28)25-14-2-1-3-15(9-14)31-7-6-26-12-23-11-24-26/h1-5,8-9,11-12H,6-7,10H2,(H,25,28). The molecular weight excluding hydrogens is 451 g/mol. The normalized spacial score (nSPS) is 11.2. The number of anilines is 1. The van der Waals surface area contributed by atoms with Gasteiger partial charge in [0.2, 0.25) is 5.91 Å². The van der Waals surface area contributed by atoms with Crippen molar-refractivity contribution in [2.45, 2.75) is 17.6 Å². The third-order valence-corrected chi connectivity index (χ3v) is 5.08. The summed E-state index contributed by atoms with van der Waals surface area (Å²) in [5.41, 5.74) is -1.39. The van der Waals surface area contributed by atoms with Crippen LogP contribution in [0.25, 0.3) is 0 Å². The molecule has 0 unspecified atom stereocenters. The molecule has 0 radical (unpaired) electrons. The Morgan fingerprint density at radius 3 is 2.75 bits per heavy atom. The van der Waals surface area contributed by atoms with Gasteiger partial charge in [-0.3, -0.25) is 14.9 Å². The van der Waals surface area contributed by atoms with Gasteiger partial charge < -0.3 is 10.1 Å². The second kappa shape index (κ2) is 10.1. The number of alkyl halides is 3. The zero-order chi connectivity index (χ0) is 23.1. The first kappa shape index (κ1) is 23.1. The molecule has 0 aliphatic heterocycles. The first-order chi connectivity index (χ1) is 15.2. The number of nitro benzene ring substituents is 1. The van der Waals surface area contributed by atoms with Crippen LogP contribution in [0.15, 0.2) is 60.0 Å². The van der Waals surface area contributed by atoms with E-state index < -0.39 is 28.3 Å². The van der Waals surface area contributed by atoms with Crippen molar-refractivity contribution < 1.29 is 27.6 Å². The number of nitrogens with zero attached hydrogens (tertiary/aromatic N) is 4. The fraction of sp³-hybridized carbons (Fsp3) is 0.211. The van der Waals surface area contributed by atoms with E-state index >= 15 is 0 Å². The van der Waals surface area contributed by atoms with Crippen molar-refractivity contribution in [1.82, 2.24) is 14.8 Å². The van der Waals surface area contributed by atoms with Crippen molar-refractivity contribution in [3.8, 4) is 5.75 Å². The molecule has 1 amide bonds. The number of nitro groups is 1. The molecule has 1 N–H and O–H groups in total. The number of hydrogen-bond donors (Lipinski definition) is 1. The predicted molar refractivity (Wildman–Crippen MR) is 109 cm³/mol. The number of hydrogen-bond acceptors (Lipinski definition) is 7. The summed E-state index contributed by atoms with van der Waals surface area (Å²) >= 11 is 0.771. The topological polar surface area (TPSA) is 112 Å². The van der Waals surface area contributed by atoms with Crippen LogP contribution in [0.2, 0.25) is 0 Å². The fourth-order valence-corrected chi connectivity index (χ4v) is 3.37. The summed E-state index contributed by atoms with van der Waals surface area (Å²) in [5.74, 6) is -0.207. The lowest BCUT2D eigenvalue weighted by Gasteiger charge is -2.10. The Morgan fingerprint density at radius 1 is 1.25 bits per heavy atom. The van der Waals surface area contributed by atoms with Gasteiger partial charge in [-0.15, -0.1) is 11.8 Å². The van der Waals surface area contributed by atoms with Crippen molar-refractivity contribution in [3.05, 3.63) is 70.8 Å². The van der Waals surface area contributed by atoms with Gasteiger partial charge in [-0.05, 0) is 24.3 Å². The zero-order valence-corrected chi connectivity index (χ0v) is 17.1. The van der Waals surface area contributed by atoms with E-state index in [0.717, 1.165) is 23.9 Å². The number of carbonyl (C=O) groups excluding carboxylic acids is 1. The summed E-state index contributed by atoms with van der Waals surface area (Å²) in [6.07, 6.45) is -1.74. The Bertz CT molecular complexity index is 1090. The van der Waals surface area contributed by atoms with Crippen LogP contribution in [0.3, 0.4) is 0 Å². The molecule has 0 aliphatic rings. The number of thioether (sulfide) groups is 1. The minimum absolute atomic E-state index is 0.0386. The van der Waals surface area contributed by atoms with Crippen molar-refractivity contribution in [2.24, 2.45) is 0 Å². The first-order valence-corrected chi connectivity index (χ1v) is 10.0. The monoisotopic (exact) mass is 467 g/mol. The smallest absolute Gasteiger partial charge is 0.416 e. The fourth-order valence-electron chi connectivity index (χ4n) is 2.57. The quantitative estimate of drug-likeness (QED) is 0.287. The van der Waals surface area contributed by atoms with Gasteiger partial charge in [-0.1, -0.05) is 6.07 Å². The third-order valence-electron chi connectivity index (χ3n) is 4.02. The minimum atomic E-state index is -4.70. The van der Waals surface area contributed by atoms with Gasteiger partial charge in [-0.25, -0.2) is 9.67 Å². The molecule has 1 heterocycles. The van der Waals surface area contributed by atoms with Gasteiger partial charge in [0.25, 0.3) is 5.69 Å². The van der Waals surface area contributed by atoms with Gasteiger partial charge in [0.05, 0.1) is 27.7 Å². The maximum atomic E-state index is 12.8. The van der Waals surface area contributed by atoms with Gasteiger partial charge in [0, 0.05) is 17.8 Å². The molecule has 0 saturated heterocycles. The van der Waals surface area contributed by atoms with Gasteiger partial charge in [0.1, 0.15) is 25.0 Å². The largest absolute Gasteiger partial charge is 0.492 e. The molecule has 0 spiro atoms. The molecule has 0 bridgehead atoms. The van der Waals surface area contributed by atoms with E-state index in [9.17, 15) is 28.1 Å². The van der Waals surface area contributed by atoms with Crippen LogP contribution in [0.5, 0.6) is 5.75 Å². The summed E-state index contributed by atoms with van der Waals surface area (Å²) < 4.78 is 45.6. The zero-order valence-electron chi connectivity index (χ0n) is 16.3. The van der Waals surface area contributed by atoms with E-state index in [0.29, 0.717) is 30.7 Å². The minimum Gasteiger partial charge on any atom is -0.492 e. The number of aromatic nitrogens is 3. The Hall–Kier alpha value is -3.61. The van der Waals surface area contributed by atoms with Crippen LogP contribution in [0, 0.1) is 10.1 Å². The predicted octanol–water partition coefficient (Wildman–Crippen LogP) is 4.01. The Balaban J connectivity index is 1.56. The highest BCUT2D eigenvalue weighted by Crippen LogP contribution is 2.36. The van der Waals surface area contributed by atoms with E-state index in [1.165, 1.54) is 6.33 Å². The molecule has 32 heavy (non-hydrogen) atoms. The van der Waals surface area contributed by atoms with E-state index in [1.54, 1.807) is 35.3 Å². The van der Waals surface area contributed by atoms with Crippen LogP contribution >= 0.6 is 11.8 Å². The lowest BCUT2D eigenvalue weighted by Crippen LogP contribution is -2.14. The third kappa shape index (κ3) is 6.44. The van der Waals surface area contributed by atoms with Crippen LogP contribution in [0.4, 0.5) is 24.5 Å². The highest BCUT2D eigenvalue weighted by Gasteiger charge is 2.33. The number of amides is 1. The second-order valence-electron chi connectivity index (χ2n) is 6.31. The molecule has 0 atom stereocenters. The summed E-state index contributed by atoms with van der Waals surface area (Å²) in [6.45, 7) is 0.813. The number of nitrogens with one attached hydrogen (secondary N) is 1. The number of halogens is 3. The molecule has 9 nitrogen and oxygen atoms in total. The molecule has 0 saturated carbocycles. The summed E-state index contributed by atoms with van der Waals surface area (Å²) in [6, 6.07) is 8.81. The van der Waals surface area contributed by atoms with Crippen LogP contribution in [0.1, 0.15) is 5.56 Å². The average Bonchev–Trinajstić information content (AvgIpc) is 3.25. The van der Waals surface area contributed by atoms with E-state index in [2.05, 4.69) is 15.4 Å². The summed E-state index contributed by atoms with van der Waals surface area (Å²) in [4.78, 5) is 26.2. The van der Waals surface area contributed by atoms with Crippen molar-refractivity contribution in [1.29, 1.82) is 0 Å². The average molecular weight is 467 g/mol. The highest BCUT2D eigenvalue weighted by molar-refractivity contribution is 8.00.